The minimum absolute atomic E-state index is 0.555. The van der Waals surface area contributed by atoms with Gasteiger partial charge in [-0.1, -0.05) is 6.92 Å². The standard InChI is InChI=1S/C11H16N6/c1-3-4-12-5-10-6-14-11(16-9(10)2)17-8-13-7-15-17/h6-8,12H,3-5H2,1-2H3. The molecule has 90 valence electrons. The van der Waals surface area contributed by atoms with Crippen LogP contribution in [0.25, 0.3) is 5.95 Å². The van der Waals surface area contributed by atoms with Gasteiger partial charge in [0.15, 0.2) is 0 Å². The molecular formula is C11H16N6. The van der Waals surface area contributed by atoms with Crippen molar-refractivity contribution >= 4 is 0 Å². The van der Waals surface area contributed by atoms with Gasteiger partial charge in [-0.05, 0) is 19.9 Å². The van der Waals surface area contributed by atoms with Gasteiger partial charge < -0.3 is 5.32 Å². The van der Waals surface area contributed by atoms with Crippen LogP contribution in [0.2, 0.25) is 0 Å². The van der Waals surface area contributed by atoms with Crippen molar-refractivity contribution in [3.63, 3.8) is 0 Å². The van der Waals surface area contributed by atoms with Gasteiger partial charge >= 0.3 is 0 Å². The molecule has 2 heterocycles. The van der Waals surface area contributed by atoms with E-state index in [9.17, 15) is 0 Å². The van der Waals surface area contributed by atoms with E-state index >= 15 is 0 Å². The predicted octanol–water partition coefficient (Wildman–Crippen LogP) is 0.865. The Labute approximate surface area is 100 Å². The van der Waals surface area contributed by atoms with Crippen LogP contribution in [0.4, 0.5) is 0 Å². The molecule has 0 atom stereocenters. The maximum atomic E-state index is 4.40. The number of aromatic nitrogens is 5. The lowest BCUT2D eigenvalue weighted by molar-refractivity contribution is 0.665. The molecule has 0 aromatic carbocycles. The second-order valence-electron chi connectivity index (χ2n) is 3.80. The number of aryl methyl sites for hydroxylation is 1. The Balaban J connectivity index is 2.12. The zero-order chi connectivity index (χ0) is 12.1. The zero-order valence-electron chi connectivity index (χ0n) is 10.1. The van der Waals surface area contributed by atoms with Crippen LogP contribution in [-0.4, -0.2) is 31.3 Å². The maximum Gasteiger partial charge on any atom is 0.252 e. The lowest BCUT2D eigenvalue weighted by Gasteiger charge is -2.07. The van der Waals surface area contributed by atoms with E-state index in [-0.39, 0.29) is 0 Å². The molecule has 17 heavy (non-hydrogen) atoms. The summed E-state index contributed by atoms with van der Waals surface area (Å²) < 4.78 is 1.55. The van der Waals surface area contributed by atoms with E-state index < -0.39 is 0 Å². The predicted molar refractivity (Wildman–Crippen MR) is 63.7 cm³/mol. The van der Waals surface area contributed by atoms with E-state index in [1.807, 2.05) is 13.1 Å². The molecule has 0 aliphatic heterocycles. The summed E-state index contributed by atoms with van der Waals surface area (Å²) in [6, 6.07) is 0. The molecule has 1 N–H and O–H groups in total. The van der Waals surface area contributed by atoms with Gasteiger partial charge in [-0.2, -0.15) is 9.78 Å². The number of rotatable bonds is 5. The highest BCUT2D eigenvalue weighted by Gasteiger charge is 2.04. The van der Waals surface area contributed by atoms with Gasteiger partial charge in [-0.25, -0.2) is 15.0 Å². The summed E-state index contributed by atoms with van der Waals surface area (Å²) in [6.45, 7) is 5.93. The summed E-state index contributed by atoms with van der Waals surface area (Å²) >= 11 is 0. The highest BCUT2D eigenvalue weighted by atomic mass is 15.4. The summed E-state index contributed by atoms with van der Waals surface area (Å²) in [6.07, 6.45) is 6.01. The van der Waals surface area contributed by atoms with Crippen molar-refractivity contribution in [2.45, 2.75) is 26.8 Å². The van der Waals surface area contributed by atoms with Gasteiger partial charge in [0.2, 0.25) is 0 Å². The van der Waals surface area contributed by atoms with Crippen molar-refractivity contribution < 1.29 is 0 Å². The molecule has 2 rings (SSSR count). The SMILES string of the molecule is CCCNCc1cnc(-n2cncn2)nc1C. The van der Waals surface area contributed by atoms with Gasteiger partial charge in [-0.15, -0.1) is 0 Å². The normalized spacial score (nSPS) is 10.7. The van der Waals surface area contributed by atoms with Crippen LogP contribution in [0.3, 0.4) is 0 Å². The van der Waals surface area contributed by atoms with Crippen LogP contribution < -0.4 is 5.32 Å². The molecule has 2 aromatic rings. The first kappa shape index (κ1) is 11.7. The lowest BCUT2D eigenvalue weighted by atomic mass is 10.2. The van der Waals surface area contributed by atoms with Gasteiger partial charge in [0.25, 0.3) is 5.95 Å². The van der Waals surface area contributed by atoms with E-state index in [0.29, 0.717) is 5.95 Å². The molecule has 0 aliphatic carbocycles. The molecule has 0 saturated carbocycles. The Hall–Kier alpha value is -1.82. The van der Waals surface area contributed by atoms with Crippen LogP contribution in [0.5, 0.6) is 0 Å². The number of hydrogen-bond acceptors (Lipinski definition) is 5. The quantitative estimate of drug-likeness (QED) is 0.774. The molecular weight excluding hydrogens is 216 g/mol. The summed E-state index contributed by atoms with van der Waals surface area (Å²) in [5, 5.41) is 7.33. The van der Waals surface area contributed by atoms with E-state index in [0.717, 1.165) is 30.8 Å². The maximum absolute atomic E-state index is 4.40. The minimum Gasteiger partial charge on any atom is -0.313 e. The van der Waals surface area contributed by atoms with Crippen molar-refractivity contribution in [3.8, 4) is 5.95 Å². The van der Waals surface area contributed by atoms with E-state index in [2.05, 4.69) is 32.3 Å². The van der Waals surface area contributed by atoms with Crippen molar-refractivity contribution in [2.24, 2.45) is 0 Å². The highest BCUT2D eigenvalue weighted by molar-refractivity contribution is 5.20. The van der Waals surface area contributed by atoms with Crippen molar-refractivity contribution in [2.75, 3.05) is 6.54 Å². The Kier molecular flexibility index (Phi) is 3.77. The smallest absolute Gasteiger partial charge is 0.252 e. The number of nitrogens with zero attached hydrogens (tertiary/aromatic N) is 5. The fraction of sp³-hybridized carbons (Fsp3) is 0.455. The number of hydrogen-bond donors (Lipinski definition) is 1. The molecule has 0 fully saturated rings. The van der Waals surface area contributed by atoms with Crippen molar-refractivity contribution in [1.82, 2.24) is 30.0 Å². The molecule has 0 radical (unpaired) electrons. The first-order valence-corrected chi connectivity index (χ1v) is 5.69. The van der Waals surface area contributed by atoms with E-state index in [1.54, 1.807) is 11.0 Å². The Morgan fingerprint density at radius 1 is 1.41 bits per heavy atom. The molecule has 0 spiro atoms. The van der Waals surface area contributed by atoms with Crippen LogP contribution in [0.15, 0.2) is 18.9 Å². The molecule has 0 aliphatic rings. The molecule has 0 amide bonds. The van der Waals surface area contributed by atoms with Gasteiger partial charge in [0, 0.05) is 24.0 Å². The second kappa shape index (κ2) is 5.49. The largest absolute Gasteiger partial charge is 0.313 e. The first-order valence-electron chi connectivity index (χ1n) is 5.69. The topological polar surface area (TPSA) is 68.5 Å². The Bertz CT molecular complexity index is 465. The lowest BCUT2D eigenvalue weighted by Crippen LogP contribution is -2.16. The average Bonchev–Trinajstić information content (AvgIpc) is 2.85. The van der Waals surface area contributed by atoms with E-state index in [4.69, 9.17) is 0 Å². The van der Waals surface area contributed by atoms with Gasteiger partial charge in [-0.3, -0.25) is 0 Å². The molecule has 6 nitrogen and oxygen atoms in total. The molecule has 0 saturated heterocycles. The Morgan fingerprint density at radius 3 is 2.94 bits per heavy atom. The number of nitrogens with one attached hydrogen (secondary N) is 1. The molecule has 2 aromatic heterocycles. The molecule has 0 unspecified atom stereocenters. The average molecular weight is 232 g/mol. The minimum atomic E-state index is 0.555. The van der Waals surface area contributed by atoms with Crippen LogP contribution in [-0.2, 0) is 6.54 Å². The second-order valence-corrected chi connectivity index (χ2v) is 3.80. The third-order valence-electron chi connectivity index (χ3n) is 2.43. The van der Waals surface area contributed by atoms with Gasteiger partial charge in [0.05, 0.1) is 0 Å². The molecule has 6 heteroatoms. The van der Waals surface area contributed by atoms with Crippen LogP contribution in [0, 0.1) is 6.92 Å². The third-order valence-corrected chi connectivity index (χ3v) is 2.43. The summed E-state index contributed by atoms with van der Waals surface area (Å²) in [7, 11) is 0. The van der Waals surface area contributed by atoms with Crippen LogP contribution in [0.1, 0.15) is 24.6 Å². The third kappa shape index (κ3) is 2.85. The van der Waals surface area contributed by atoms with Crippen LogP contribution >= 0.6 is 0 Å². The van der Waals surface area contributed by atoms with Gasteiger partial charge in [0.1, 0.15) is 12.7 Å². The van der Waals surface area contributed by atoms with E-state index in [1.165, 1.54) is 6.33 Å². The highest BCUT2D eigenvalue weighted by Crippen LogP contribution is 2.05. The summed E-state index contributed by atoms with van der Waals surface area (Å²) in [5.74, 6) is 0.555. The fourth-order valence-electron chi connectivity index (χ4n) is 1.48. The van der Waals surface area contributed by atoms with Crippen molar-refractivity contribution in [1.29, 1.82) is 0 Å². The Morgan fingerprint density at radius 2 is 2.29 bits per heavy atom. The van der Waals surface area contributed by atoms with Crippen molar-refractivity contribution in [3.05, 3.63) is 30.1 Å². The summed E-state index contributed by atoms with van der Waals surface area (Å²) in [5.41, 5.74) is 2.08. The zero-order valence-corrected chi connectivity index (χ0v) is 10.1. The fourth-order valence-corrected chi connectivity index (χ4v) is 1.48. The molecule has 0 bridgehead atoms. The monoisotopic (exact) mass is 232 g/mol. The summed E-state index contributed by atoms with van der Waals surface area (Å²) in [4.78, 5) is 12.5. The first-order chi connectivity index (χ1) is 8.31.